The first-order valence-corrected chi connectivity index (χ1v) is 12.9. The first kappa shape index (κ1) is 26.5. The molecule has 8 heteroatoms. The van der Waals surface area contributed by atoms with Crippen molar-refractivity contribution < 1.29 is 19.4 Å². The highest BCUT2D eigenvalue weighted by atomic mass is 16.6. The molecule has 1 amide bonds. The van der Waals surface area contributed by atoms with Gasteiger partial charge in [0.25, 0.3) is 5.91 Å². The van der Waals surface area contributed by atoms with Crippen molar-refractivity contribution in [3.05, 3.63) is 46.5 Å². The summed E-state index contributed by atoms with van der Waals surface area (Å²) in [4.78, 5) is 30.3. The van der Waals surface area contributed by atoms with Crippen molar-refractivity contribution in [2.75, 3.05) is 17.2 Å². The summed E-state index contributed by atoms with van der Waals surface area (Å²) in [6.07, 6.45) is 4.22. The minimum Gasteiger partial charge on any atom is -0.460 e. The van der Waals surface area contributed by atoms with Gasteiger partial charge in [0.15, 0.2) is 0 Å². The van der Waals surface area contributed by atoms with Crippen LogP contribution in [-0.2, 0) is 16.1 Å². The number of rotatable bonds is 6. The quantitative estimate of drug-likeness (QED) is 0.340. The van der Waals surface area contributed by atoms with Gasteiger partial charge in [-0.25, -0.2) is 4.98 Å². The number of hydrogen-bond donors (Lipinski definition) is 4. The molecule has 1 aromatic carbocycles. The van der Waals surface area contributed by atoms with Gasteiger partial charge in [-0.2, -0.15) is 0 Å². The third-order valence-electron chi connectivity index (χ3n) is 6.61. The molecule has 1 saturated carbocycles. The predicted molar refractivity (Wildman–Crippen MR) is 144 cm³/mol. The molecule has 0 saturated heterocycles. The van der Waals surface area contributed by atoms with Gasteiger partial charge < -0.3 is 25.8 Å². The molecule has 8 nitrogen and oxygen atoms in total. The van der Waals surface area contributed by atoms with E-state index in [-0.39, 0.29) is 30.4 Å². The highest BCUT2D eigenvalue weighted by Gasteiger charge is 2.33. The number of esters is 1. The van der Waals surface area contributed by atoms with E-state index >= 15 is 0 Å². The largest absolute Gasteiger partial charge is 0.460 e. The zero-order valence-corrected chi connectivity index (χ0v) is 22.0. The van der Waals surface area contributed by atoms with E-state index in [0.29, 0.717) is 35.7 Å². The summed E-state index contributed by atoms with van der Waals surface area (Å²) in [6.45, 7) is 7.66. The number of nitrogens with zero attached hydrogens (tertiary/aromatic N) is 1. The zero-order chi connectivity index (χ0) is 26.6. The number of ether oxygens (including phenoxy) is 1. The number of amides is 1. The summed E-state index contributed by atoms with van der Waals surface area (Å²) in [7, 11) is 0. The molecule has 0 unspecified atom stereocenters. The van der Waals surface area contributed by atoms with Crippen LogP contribution in [0, 0.1) is 24.7 Å². The number of aliphatic hydroxyl groups excluding tert-OH is 1. The van der Waals surface area contributed by atoms with E-state index in [1.165, 1.54) is 0 Å². The highest BCUT2D eigenvalue weighted by Crippen LogP contribution is 2.35. The third-order valence-corrected chi connectivity index (χ3v) is 6.61. The Morgan fingerprint density at radius 3 is 2.76 bits per heavy atom. The summed E-state index contributed by atoms with van der Waals surface area (Å²) < 4.78 is 5.60. The van der Waals surface area contributed by atoms with Gasteiger partial charge in [0, 0.05) is 23.8 Å². The van der Waals surface area contributed by atoms with Gasteiger partial charge in [-0.3, -0.25) is 9.59 Å². The number of fused-ring (bicyclic) bond motifs is 1. The van der Waals surface area contributed by atoms with Crippen LogP contribution in [0.3, 0.4) is 0 Å². The van der Waals surface area contributed by atoms with E-state index in [0.717, 1.165) is 42.5 Å². The predicted octanol–water partition coefficient (Wildman–Crippen LogP) is 4.42. The molecular weight excluding hydrogens is 468 g/mol. The van der Waals surface area contributed by atoms with Crippen molar-refractivity contribution in [1.29, 1.82) is 0 Å². The summed E-state index contributed by atoms with van der Waals surface area (Å²) in [5.41, 5.74) is 3.19. The molecule has 2 atom stereocenters. The van der Waals surface area contributed by atoms with Crippen molar-refractivity contribution in [3.63, 3.8) is 0 Å². The van der Waals surface area contributed by atoms with Crippen molar-refractivity contribution in [2.24, 2.45) is 5.92 Å². The molecule has 0 radical (unpaired) electrons. The fraction of sp³-hybridized carbons (Fsp3) is 0.483. The maximum absolute atomic E-state index is 12.8. The number of anilines is 3. The highest BCUT2D eigenvalue weighted by molar-refractivity contribution is 6.04. The van der Waals surface area contributed by atoms with Crippen LogP contribution < -0.4 is 16.0 Å². The van der Waals surface area contributed by atoms with E-state index in [9.17, 15) is 14.7 Å². The molecule has 1 fully saturated rings. The summed E-state index contributed by atoms with van der Waals surface area (Å²) >= 11 is 0. The van der Waals surface area contributed by atoms with Gasteiger partial charge in [0.1, 0.15) is 23.8 Å². The van der Waals surface area contributed by atoms with Gasteiger partial charge in [-0.15, -0.1) is 0 Å². The van der Waals surface area contributed by atoms with Crippen molar-refractivity contribution in [1.82, 2.24) is 10.3 Å². The number of carbonyl (C=O) groups is 2. The molecular formula is C29H36N4O4. The number of pyridine rings is 1. The third kappa shape index (κ3) is 6.60. The minimum atomic E-state index is -0.529. The first-order chi connectivity index (χ1) is 17.6. The number of aliphatic hydroxyl groups is 1. The van der Waals surface area contributed by atoms with Crippen LogP contribution in [-0.4, -0.2) is 40.2 Å². The van der Waals surface area contributed by atoms with Gasteiger partial charge in [-0.05, 0) is 64.2 Å². The van der Waals surface area contributed by atoms with Crippen LogP contribution in [0.5, 0.6) is 0 Å². The van der Waals surface area contributed by atoms with E-state index in [4.69, 9.17) is 9.72 Å². The minimum absolute atomic E-state index is 0.00150. The summed E-state index contributed by atoms with van der Waals surface area (Å²) in [6, 6.07) is 7.87. The molecule has 1 aromatic heterocycles. The lowest BCUT2D eigenvalue weighted by atomic mass is 9.82. The fourth-order valence-corrected chi connectivity index (χ4v) is 5.04. The second-order valence-electron chi connectivity index (χ2n) is 10.8. The van der Waals surface area contributed by atoms with Gasteiger partial charge in [0.05, 0.1) is 17.5 Å². The maximum Gasteiger partial charge on any atom is 0.306 e. The Bertz CT molecular complexity index is 1240. The number of hydrogen-bond acceptors (Lipinski definition) is 7. The normalized spacial score (nSPS) is 18.8. The van der Waals surface area contributed by atoms with Crippen molar-refractivity contribution in [2.45, 2.75) is 78.0 Å². The summed E-state index contributed by atoms with van der Waals surface area (Å²) in [5, 5.41) is 19.2. The second kappa shape index (κ2) is 11.2. The lowest BCUT2D eigenvalue weighted by Crippen LogP contribution is -2.36. The van der Waals surface area contributed by atoms with Gasteiger partial charge in [-0.1, -0.05) is 36.8 Å². The molecule has 4 rings (SSSR count). The van der Waals surface area contributed by atoms with Crippen LogP contribution in [0.2, 0.25) is 0 Å². The van der Waals surface area contributed by atoms with Gasteiger partial charge in [0.2, 0.25) is 0 Å². The topological polar surface area (TPSA) is 113 Å². The lowest BCUT2D eigenvalue weighted by Gasteiger charge is -2.33. The van der Waals surface area contributed by atoms with Crippen LogP contribution in [0.1, 0.15) is 79.9 Å². The average molecular weight is 505 g/mol. The molecule has 0 bridgehead atoms. The Labute approximate surface area is 218 Å². The first-order valence-electron chi connectivity index (χ1n) is 12.9. The second-order valence-corrected chi connectivity index (χ2v) is 10.8. The molecule has 0 spiro atoms. The molecule has 196 valence electrons. The molecule has 37 heavy (non-hydrogen) atoms. The van der Waals surface area contributed by atoms with Crippen LogP contribution >= 0.6 is 0 Å². The van der Waals surface area contributed by atoms with Crippen molar-refractivity contribution in [3.8, 4) is 11.8 Å². The number of benzene rings is 1. The molecule has 2 aliphatic rings. The fourth-order valence-electron chi connectivity index (χ4n) is 5.04. The van der Waals surface area contributed by atoms with Crippen LogP contribution in [0.15, 0.2) is 24.3 Å². The SMILES string of the molecule is Cc1cccc(Nc2nc(N[C@@H]3CCCC[C@@H]3CC(=O)OC(C)(C)C)c(C#CCO)c3c2C(=O)NC3)c1. The smallest absolute Gasteiger partial charge is 0.306 e. The Kier molecular flexibility index (Phi) is 8.03. The number of nitrogens with one attached hydrogen (secondary N) is 3. The molecule has 4 N–H and O–H groups in total. The Balaban J connectivity index is 1.70. The van der Waals surface area contributed by atoms with Gasteiger partial charge >= 0.3 is 5.97 Å². The Hall–Kier alpha value is -3.57. The van der Waals surface area contributed by atoms with Crippen LogP contribution in [0.25, 0.3) is 0 Å². The van der Waals surface area contributed by atoms with Crippen molar-refractivity contribution >= 4 is 29.2 Å². The maximum atomic E-state index is 12.8. The number of aryl methyl sites for hydroxylation is 1. The summed E-state index contributed by atoms with van der Waals surface area (Å²) in [5.74, 6) is 6.42. The molecule has 1 aliphatic heterocycles. The number of carbonyl (C=O) groups excluding carboxylic acids is 2. The van der Waals surface area contributed by atoms with E-state index in [1.807, 2.05) is 52.0 Å². The monoisotopic (exact) mass is 504 g/mol. The Morgan fingerprint density at radius 1 is 1.24 bits per heavy atom. The van der Waals surface area contributed by atoms with E-state index in [1.54, 1.807) is 0 Å². The zero-order valence-electron chi connectivity index (χ0n) is 22.0. The van der Waals surface area contributed by atoms with Crippen LogP contribution in [0.4, 0.5) is 17.3 Å². The van der Waals surface area contributed by atoms with E-state index in [2.05, 4.69) is 27.8 Å². The molecule has 1 aliphatic carbocycles. The number of aromatic nitrogens is 1. The standard InChI is InChI=1S/C29H36N4O4/c1-18-9-7-11-20(15-18)31-27-25-22(17-30-28(25)36)21(12-8-14-34)26(33-27)32-23-13-6-5-10-19(23)16-24(35)37-29(2,3)4/h7,9,11,15,19,23,34H,5-6,10,13-14,16-17H2,1-4H3,(H,30,36)(H2,31,32,33)/t19-,23-/m1/s1. The average Bonchev–Trinajstić information content (AvgIpc) is 3.20. The molecule has 2 aromatic rings. The molecule has 2 heterocycles. The van der Waals surface area contributed by atoms with E-state index < -0.39 is 5.60 Å². The lowest BCUT2D eigenvalue weighted by molar-refractivity contribution is -0.156. The Morgan fingerprint density at radius 2 is 2.03 bits per heavy atom.